The van der Waals surface area contributed by atoms with Crippen molar-refractivity contribution in [2.75, 3.05) is 20.1 Å². The first-order valence-corrected chi connectivity index (χ1v) is 11.7. The number of aryl methyl sites for hydroxylation is 1. The molecule has 2 aromatic rings. The molecule has 0 saturated heterocycles. The van der Waals surface area contributed by atoms with Gasteiger partial charge >= 0.3 is 0 Å². The van der Waals surface area contributed by atoms with E-state index in [0.717, 1.165) is 15.4 Å². The zero-order valence-corrected chi connectivity index (χ0v) is 19.7. The van der Waals surface area contributed by atoms with Crippen LogP contribution in [0.25, 0.3) is 0 Å². The number of carbonyl (C=O) groups excluding carboxylic acids is 2. The minimum atomic E-state index is -3.89. The normalized spacial score (nSPS) is 12.5. The largest absolute Gasteiger partial charge is 0.355 e. The molecule has 2 amide bonds. The van der Waals surface area contributed by atoms with E-state index in [2.05, 4.69) is 5.32 Å². The molecule has 0 aromatic heterocycles. The third-order valence-electron chi connectivity index (χ3n) is 4.83. The van der Waals surface area contributed by atoms with Crippen LogP contribution >= 0.6 is 11.6 Å². The monoisotopic (exact) mass is 465 g/mol. The number of likely N-dealkylation sites (N-methyl/N-ethyl adjacent to an activating group) is 2. The predicted octanol–water partition coefficient (Wildman–Crippen LogP) is 2.82. The molecule has 1 atom stereocenters. The average Bonchev–Trinajstić information content (AvgIpc) is 2.72. The van der Waals surface area contributed by atoms with Crippen LogP contribution in [0, 0.1) is 6.92 Å². The van der Waals surface area contributed by atoms with Crippen LogP contribution in [0.15, 0.2) is 53.4 Å². The molecule has 0 saturated carbocycles. The van der Waals surface area contributed by atoms with Crippen molar-refractivity contribution >= 4 is 33.4 Å². The van der Waals surface area contributed by atoms with Crippen LogP contribution < -0.4 is 5.32 Å². The maximum atomic E-state index is 13.1. The Hall–Kier alpha value is -2.42. The van der Waals surface area contributed by atoms with Gasteiger partial charge < -0.3 is 10.2 Å². The van der Waals surface area contributed by atoms with E-state index in [1.807, 2.05) is 31.2 Å². The van der Waals surface area contributed by atoms with Crippen LogP contribution in [0.5, 0.6) is 0 Å². The van der Waals surface area contributed by atoms with Gasteiger partial charge in [0.25, 0.3) is 0 Å². The summed E-state index contributed by atoms with van der Waals surface area (Å²) < 4.78 is 26.7. The Morgan fingerprint density at radius 2 is 1.77 bits per heavy atom. The van der Waals surface area contributed by atoms with E-state index in [1.54, 1.807) is 13.8 Å². The first-order chi connectivity index (χ1) is 14.6. The zero-order chi connectivity index (χ0) is 23.2. The summed E-state index contributed by atoms with van der Waals surface area (Å²) in [5, 5.41) is 3.13. The topological polar surface area (TPSA) is 86.8 Å². The van der Waals surface area contributed by atoms with Crippen molar-refractivity contribution in [2.24, 2.45) is 0 Å². The SMILES string of the molecule is CCNC(=O)[C@H](C)N(Cc1cccc(C)c1)C(=O)CN(C)S(=O)(=O)c1ccc(Cl)cc1. The second kappa shape index (κ2) is 10.7. The van der Waals surface area contributed by atoms with Gasteiger partial charge in [-0.3, -0.25) is 9.59 Å². The number of sulfonamides is 1. The molecular formula is C22H28ClN3O4S. The fraction of sp³-hybridized carbons (Fsp3) is 0.364. The summed E-state index contributed by atoms with van der Waals surface area (Å²) in [6.45, 7) is 5.58. The fourth-order valence-corrected chi connectivity index (χ4v) is 4.31. The zero-order valence-electron chi connectivity index (χ0n) is 18.1. The Kier molecular flexibility index (Phi) is 8.61. The highest BCUT2D eigenvalue weighted by molar-refractivity contribution is 7.89. The van der Waals surface area contributed by atoms with E-state index in [1.165, 1.54) is 36.2 Å². The molecule has 0 aliphatic rings. The van der Waals surface area contributed by atoms with Crippen molar-refractivity contribution in [1.29, 1.82) is 0 Å². The standard InChI is InChI=1S/C22H28ClN3O4S/c1-5-24-22(28)17(3)26(14-18-8-6-7-16(2)13-18)21(27)15-25(4)31(29,30)20-11-9-19(23)10-12-20/h6-13,17H,5,14-15H2,1-4H3,(H,24,28)/t17-/m0/s1. The van der Waals surface area contributed by atoms with Gasteiger partial charge in [-0.25, -0.2) is 8.42 Å². The van der Waals surface area contributed by atoms with Crippen molar-refractivity contribution in [2.45, 2.75) is 38.3 Å². The molecule has 1 N–H and O–H groups in total. The first-order valence-electron chi connectivity index (χ1n) is 9.91. The number of nitrogens with zero attached hydrogens (tertiary/aromatic N) is 2. The fourth-order valence-electron chi connectivity index (χ4n) is 3.06. The maximum absolute atomic E-state index is 13.1. The lowest BCUT2D eigenvalue weighted by molar-refractivity contribution is -0.140. The van der Waals surface area contributed by atoms with Gasteiger partial charge in [0.1, 0.15) is 6.04 Å². The van der Waals surface area contributed by atoms with Crippen LogP contribution in [-0.2, 0) is 26.2 Å². The molecule has 0 aliphatic carbocycles. The number of nitrogens with one attached hydrogen (secondary N) is 1. The average molecular weight is 466 g/mol. The van der Waals surface area contributed by atoms with E-state index >= 15 is 0 Å². The molecule has 0 heterocycles. The van der Waals surface area contributed by atoms with Crippen LogP contribution in [0.2, 0.25) is 5.02 Å². The van der Waals surface area contributed by atoms with Gasteiger partial charge in [0.15, 0.2) is 0 Å². The van der Waals surface area contributed by atoms with Gasteiger partial charge in [0.2, 0.25) is 21.8 Å². The van der Waals surface area contributed by atoms with Crippen LogP contribution in [0.4, 0.5) is 0 Å². The number of hydrogen-bond acceptors (Lipinski definition) is 4. The molecule has 0 radical (unpaired) electrons. The first kappa shape index (κ1) is 24.8. The Labute approximate surface area is 189 Å². The molecule has 0 unspecified atom stereocenters. The van der Waals surface area contributed by atoms with Crippen molar-refractivity contribution in [3.05, 3.63) is 64.7 Å². The predicted molar refractivity (Wildman–Crippen MR) is 121 cm³/mol. The number of benzene rings is 2. The summed E-state index contributed by atoms with van der Waals surface area (Å²) in [4.78, 5) is 27.0. The molecule has 31 heavy (non-hydrogen) atoms. The molecule has 9 heteroatoms. The van der Waals surface area contributed by atoms with Gasteiger partial charge in [0, 0.05) is 25.2 Å². The molecule has 0 spiro atoms. The van der Waals surface area contributed by atoms with E-state index in [9.17, 15) is 18.0 Å². The minimum Gasteiger partial charge on any atom is -0.355 e. The molecule has 0 bridgehead atoms. The van der Waals surface area contributed by atoms with Crippen molar-refractivity contribution in [3.8, 4) is 0 Å². The van der Waals surface area contributed by atoms with E-state index < -0.39 is 28.5 Å². The molecule has 0 aliphatic heterocycles. The molecule has 2 rings (SSSR count). The second-order valence-corrected chi connectivity index (χ2v) is 9.78. The van der Waals surface area contributed by atoms with E-state index in [4.69, 9.17) is 11.6 Å². The third-order valence-corrected chi connectivity index (χ3v) is 6.90. The van der Waals surface area contributed by atoms with Crippen molar-refractivity contribution in [1.82, 2.24) is 14.5 Å². The van der Waals surface area contributed by atoms with Crippen molar-refractivity contribution < 1.29 is 18.0 Å². The number of carbonyl (C=O) groups is 2. The lowest BCUT2D eigenvalue weighted by atomic mass is 10.1. The summed E-state index contributed by atoms with van der Waals surface area (Å²) in [5.74, 6) is -0.771. The Bertz CT molecular complexity index is 1030. The van der Waals surface area contributed by atoms with Crippen LogP contribution in [-0.4, -0.2) is 55.6 Å². The molecule has 7 nitrogen and oxygen atoms in total. The van der Waals surface area contributed by atoms with Gasteiger partial charge in [-0.05, 0) is 50.6 Å². The van der Waals surface area contributed by atoms with Crippen LogP contribution in [0.1, 0.15) is 25.0 Å². The lowest BCUT2D eigenvalue weighted by Gasteiger charge is -2.30. The summed E-state index contributed by atoms with van der Waals surface area (Å²) in [6, 6.07) is 12.6. The Morgan fingerprint density at radius 3 is 2.35 bits per heavy atom. The molecule has 0 fully saturated rings. The van der Waals surface area contributed by atoms with Gasteiger partial charge in [-0.2, -0.15) is 4.31 Å². The summed E-state index contributed by atoms with van der Waals surface area (Å²) in [5.41, 5.74) is 1.88. The van der Waals surface area contributed by atoms with E-state index in [0.29, 0.717) is 11.6 Å². The number of rotatable bonds is 9. The maximum Gasteiger partial charge on any atom is 0.243 e. The second-order valence-electron chi connectivity index (χ2n) is 7.30. The molecule has 168 valence electrons. The summed E-state index contributed by atoms with van der Waals surface area (Å²) in [7, 11) is -2.56. The summed E-state index contributed by atoms with van der Waals surface area (Å²) >= 11 is 5.84. The highest BCUT2D eigenvalue weighted by Crippen LogP contribution is 2.18. The van der Waals surface area contributed by atoms with Gasteiger partial charge in [-0.15, -0.1) is 0 Å². The third kappa shape index (κ3) is 6.53. The Balaban J connectivity index is 2.26. The van der Waals surface area contributed by atoms with E-state index in [-0.39, 0.29) is 17.3 Å². The molecular weight excluding hydrogens is 438 g/mol. The van der Waals surface area contributed by atoms with Gasteiger partial charge in [0.05, 0.1) is 11.4 Å². The highest BCUT2D eigenvalue weighted by atomic mass is 35.5. The highest BCUT2D eigenvalue weighted by Gasteiger charge is 2.30. The van der Waals surface area contributed by atoms with Crippen LogP contribution in [0.3, 0.4) is 0 Å². The quantitative estimate of drug-likeness (QED) is 0.617. The smallest absolute Gasteiger partial charge is 0.243 e. The minimum absolute atomic E-state index is 0.0363. The number of hydrogen-bond donors (Lipinski definition) is 1. The Morgan fingerprint density at radius 1 is 1.13 bits per heavy atom. The van der Waals surface area contributed by atoms with Gasteiger partial charge in [-0.1, -0.05) is 41.4 Å². The number of halogens is 1. The number of amides is 2. The molecule has 2 aromatic carbocycles. The lowest BCUT2D eigenvalue weighted by Crippen LogP contribution is -2.50. The summed E-state index contributed by atoms with van der Waals surface area (Å²) in [6.07, 6.45) is 0. The van der Waals surface area contributed by atoms with Crippen molar-refractivity contribution in [3.63, 3.8) is 0 Å².